The highest BCUT2D eigenvalue weighted by atomic mass is 35.5. The minimum atomic E-state index is 0.153. The molecule has 2 nitrogen and oxygen atoms in total. The Morgan fingerprint density at radius 1 is 1.27 bits per heavy atom. The van der Waals surface area contributed by atoms with Gasteiger partial charge in [-0.3, -0.25) is 0 Å². The van der Waals surface area contributed by atoms with Crippen molar-refractivity contribution in [3.63, 3.8) is 0 Å². The number of aryl methyl sites for hydroxylation is 1. The molecule has 0 spiro atoms. The van der Waals surface area contributed by atoms with Crippen LogP contribution in [0.3, 0.4) is 0 Å². The third kappa shape index (κ3) is 3.90. The summed E-state index contributed by atoms with van der Waals surface area (Å²) >= 11 is 11.7. The maximum Gasteiger partial charge on any atom is 0.137 e. The molecule has 1 N–H and O–H groups in total. The molecule has 0 saturated heterocycles. The van der Waals surface area contributed by atoms with E-state index in [1.807, 2.05) is 14.1 Å². The van der Waals surface area contributed by atoms with Gasteiger partial charge in [0.15, 0.2) is 0 Å². The first-order valence-corrected chi connectivity index (χ1v) is 5.58. The number of rotatable bonds is 4. The Labute approximate surface area is 100 Å². The molecule has 0 radical (unpaired) electrons. The maximum atomic E-state index is 9.68. The average Bonchev–Trinajstić information content (AvgIpc) is 2.12. The van der Waals surface area contributed by atoms with Gasteiger partial charge in [0.05, 0.1) is 5.02 Å². The first-order chi connectivity index (χ1) is 7.00. The Morgan fingerprint density at radius 3 is 2.53 bits per heavy atom. The second-order valence-electron chi connectivity index (χ2n) is 3.80. The lowest BCUT2D eigenvalue weighted by atomic mass is 10.1. The van der Waals surface area contributed by atoms with Gasteiger partial charge in [0.25, 0.3) is 0 Å². The van der Waals surface area contributed by atoms with E-state index in [4.69, 9.17) is 23.2 Å². The van der Waals surface area contributed by atoms with E-state index in [0.29, 0.717) is 10.0 Å². The van der Waals surface area contributed by atoms with Gasteiger partial charge in [0, 0.05) is 5.02 Å². The van der Waals surface area contributed by atoms with Crippen LogP contribution in [0, 0.1) is 0 Å². The number of hydrogen-bond acceptors (Lipinski definition) is 2. The van der Waals surface area contributed by atoms with Gasteiger partial charge in [-0.25, -0.2) is 0 Å². The fourth-order valence-corrected chi connectivity index (χ4v) is 1.93. The van der Waals surface area contributed by atoms with E-state index in [1.54, 1.807) is 12.1 Å². The predicted molar refractivity (Wildman–Crippen MR) is 65.0 cm³/mol. The number of halogens is 2. The van der Waals surface area contributed by atoms with Crippen molar-refractivity contribution >= 4 is 23.2 Å². The van der Waals surface area contributed by atoms with Gasteiger partial charge in [0.2, 0.25) is 0 Å². The lowest BCUT2D eigenvalue weighted by Crippen LogP contribution is -2.13. The molecule has 0 fully saturated rings. The summed E-state index contributed by atoms with van der Waals surface area (Å²) in [5.41, 5.74) is 0.814. The Morgan fingerprint density at radius 2 is 1.93 bits per heavy atom. The lowest BCUT2D eigenvalue weighted by molar-refractivity contribution is 0.397. The van der Waals surface area contributed by atoms with Crippen molar-refractivity contribution in [2.24, 2.45) is 0 Å². The molecule has 0 aliphatic carbocycles. The van der Waals surface area contributed by atoms with Crippen LogP contribution < -0.4 is 0 Å². The molecule has 1 aromatic carbocycles. The van der Waals surface area contributed by atoms with Crippen LogP contribution in [0.4, 0.5) is 0 Å². The SMILES string of the molecule is CN(C)CCCc1cc(Cl)cc(Cl)c1O. The van der Waals surface area contributed by atoms with Gasteiger partial charge in [-0.2, -0.15) is 0 Å². The third-order valence-electron chi connectivity index (χ3n) is 2.16. The van der Waals surface area contributed by atoms with E-state index in [9.17, 15) is 5.11 Å². The van der Waals surface area contributed by atoms with Crippen LogP contribution in [0.2, 0.25) is 10.0 Å². The number of aromatic hydroxyl groups is 1. The smallest absolute Gasteiger partial charge is 0.137 e. The Balaban J connectivity index is 2.68. The van der Waals surface area contributed by atoms with E-state index in [0.717, 1.165) is 24.9 Å². The minimum Gasteiger partial charge on any atom is -0.506 e. The quantitative estimate of drug-likeness (QED) is 0.884. The molecule has 1 aromatic rings. The summed E-state index contributed by atoms with van der Waals surface area (Å²) in [7, 11) is 4.04. The zero-order chi connectivity index (χ0) is 11.4. The molecule has 4 heteroatoms. The molecule has 0 aliphatic rings. The molecular formula is C11H15Cl2NO. The highest BCUT2D eigenvalue weighted by Crippen LogP contribution is 2.31. The van der Waals surface area contributed by atoms with E-state index in [2.05, 4.69) is 4.90 Å². The molecule has 0 atom stereocenters. The summed E-state index contributed by atoms with van der Waals surface area (Å²) in [4.78, 5) is 2.10. The molecule has 0 aliphatic heterocycles. The molecule has 0 unspecified atom stereocenters. The fraction of sp³-hybridized carbons (Fsp3) is 0.455. The van der Waals surface area contributed by atoms with Crippen LogP contribution in [-0.4, -0.2) is 30.6 Å². The number of phenols is 1. The summed E-state index contributed by atoms with van der Waals surface area (Å²) in [5, 5.41) is 10.6. The Hall–Kier alpha value is -0.440. The first-order valence-electron chi connectivity index (χ1n) is 4.82. The van der Waals surface area contributed by atoms with Gasteiger partial charge >= 0.3 is 0 Å². The largest absolute Gasteiger partial charge is 0.506 e. The van der Waals surface area contributed by atoms with Gasteiger partial charge in [-0.15, -0.1) is 0 Å². The summed E-state index contributed by atoms with van der Waals surface area (Å²) in [6.45, 7) is 0.976. The lowest BCUT2D eigenvalue weighted by Gasteiger charge is -2.10. The highest BCUT2D eigenvalue weighted by molar-refractivity contribution is 6.35. The van der Waals surface area contributed by atoms with Crippen LogP contribution in [0.15, 0.2) is 12.1 Å². The summed E-state index contributed by atoms with van der Waals surface area (Å²) in [6.07, 6.45) is 1.75. The monoisotopic (exact) mass is 247 g/mol. The van der Waals surface area contributed by atoms with Crippen molar-refractivity contribution in [3.8, 4) is 5.75 Å². The molecule has 1 rings (SSSR count). The second-order valence-corrected chi connectivity index (χ2v) is 4.65. The van der Waals surface area contributed by atoms with E-state index in [1.165, 1.54) is 0 Å². The van der Waals surface area contributed by atoms with Gasteiger partial charge in [0.1, 0.15) is 5.75 Å². The molecule has 0 bridgehead atoms. The van der Waals surface area contributed by atoms with Crippen LogP contribution in [0.1, 0.15) is 12.0 Å². The molecule has 84 valence electrons. The standard InChI is InChI=1S/C11H15Cl2NO/c1-14(2)5-3-4-8-6-9(12)7-10(13)11(8)15/h6-7,15H,3-5H2,1-2H3. The molecule has 0 amide bonds. The summed E-state index contributed by atoms with van der Waals surface area (Å²) in [5.74, 6) is 0.153. The highest BCUT2D eigenvalue weighted by Gasteiger charge is 2.07. The zero-order valence-electron chi connectivity index (χ0n) is 8.93. The van der Waals surface area contributed by atoms with Crippen LogP contribution >= 0.6 is 23.2 Å². The van der Waals surface area contributed by atoms with Crippen LogP contribution in [0.25, 0.3) is 0 Å². The average molecular weight is 248 g/mol. The number of hydrogen-bond donors (Lipinski definition) is 1. The van der Waals surface area contributed by atoms with E-state index >= 15 is 0 Å². The normalized spacial score (nSPS) is 11.0. The fourth-order valence-electron chi connectivity index (χ4n) is 1.40. The topological polar surface area (TPSA) is 23.5 Å². The van der Waals surface area contributed by atoms with Crippen LogP contribution in [-0.2, 0) is 6.42 Å². The molecule has 15 heavy (non-hydrogen) atoms. The van der Waals surface area contributed by atoms with Crippen LogP contribution in [0.5, 0.6) is 5.75 Å². The third-order valence-corrected chi connectivity index (χ3v) is 2.66. The summed E-state index contributed by atoms with van der Waals surface area (Å²) in [6, 6.07) is 3.31. The molecular weight excluding hydrogens is 233 g/mol. The number of benzene rings is 1. The van der Waals surface area contributed by atoms with Gasteiger partial charge in [-0.05, 0) is 51.2 Å². The zero-order valence-corrected chi connectivity index (χ0v) is 10.4. The predicted octanol–water partition coefficient (Wildman–Crippen LogP) is 3.19. The number of phenolic OH excluding ortho intramolecular Hbond substituents is 1. The molecule has 0 heterocycles. The molecule has 0 aromatic heterocycles. The van der Waals surface area contributed by atoms with Gasteiger partial charge in [-0.1, -0.05) is 23.2 Å². The second kappa shape index (κ2) is 5.59. The molecule has 0 saturated carbocycles. The number of nitrogens with zero attached hydrogens (tertiary/aromatic N) is 1. The van der Waals surface area contributed by atoms with Crippen molar-refractivity contribution in [1.29, 1.82) is 0 Å². The summed E-state index contributed by atoms with van der Waals surface area (Å²) < 4.78 is 0. The minimum absolute atomic E-state index is 0.153. The van der Waals surface area contributed by atoms with Crippen molar-refractivity contribution in [3.05, 3.63) is 27.7 Å². The van der Waals surface area contributed by atoms with Gasteiger partial charge < -0.3 is 10.0 Å². The maximum absolute atomic E-state index is 9.68. The Kier molecular flexibility index (Phi) is 4.71. The van der Waals surface area contributed by atoms with E-state index in [-0.39, 0.29) is 5.75 Å². The van der Waals surface area contributed by atoms with Crippen molar-refractivity contribution in [1.82, 2.24) is 4.90 Å². The first kappa shape index (κ1) is 12.6. The van der Waals surface area contributed by atoms with Crippen molar-refractivity contribution in [2.75, 3.05) is 20.6 Å². The Bertz CT molecular complexity index is 340. The van der Waals surface area contributed by atoms with E-state index < -0.39 is 0 Å². The van der Waals surface area contributed by atoms with Crippen molar-refractivity contribution < 1.29 is 5.11 Å². The van der Waals surface area contributed by atoms with Crippen molar-refractivity contribution in [2.45, 2.75) is 12.8 Å².